The number of nitrogens with zero attached hydrogens (tertiary/aromatic N) is 2. The van der Waals surface area contributed by atoms with E-state index in [0.717, 1.165) is 22.1 Å². The van der Waals surface area contributed by atoms with Crippen molar-refractivity contribution in [1.29, 1.82) is 0 Å². The minimum atomic E-state index is -0.882. The molecular formula is C21H17FN2O4. The Morgan fingerprint density at radius 1 is 1.29 bits per heavy atom. The number of aromatic hydroxyl groups is 1. The summed E-state index contributed by atoms with van der Waals surface area (Å²) in [7, 11) is 0. The molecule has 7 heteroatoms. The van der Waals surface area contributed by atoms with Crippen LogP contribution in [0.15, 0.2) is 41.5 Å². The van der Waals surface area contributed by atoms with Gasteiger partial charge in [-0.1, -0.05) is 12.1 Å². The van der Waals surface area contributed by atoms with Crippen molar-refractivity contribution < 1.29 is 19.0 Å². The lowest BCUT2D eigenvalue weighted by atomic mass is 10.0. The Kier molecular flexibility index (Phi) is 4.22. The molecule has 0 fully saturated rings. The van der Waals surface area contributed by atoms with Crippen molar-refractivity contribution in [2.75, 3.05) is 6.61 Å². The standard InChI is InChI=1S/C21H17FN2O4/c1-3-28-21(27)16-19(25)17-18-15(11(2)10-24(18)20(16)26)13(9-23-17)8-12-4-6-14(22)7-5-12/h4-7,9-10,25H,3,8H2,1-2H3. The number of aryl methyl sites for hydroxylation is 1. The van der Waals surface area contributed by atoms with Crippen LogP contribution in [0.2, 0.25) is 0 Å². The van der Waals surface area contributed by atoms with Gasteiger partial charge in [0.15, 0.2) is 11.3 Å². The van der Waals surface area contributed by atoms with Crippen molar-refractivity contribution in [2.24, 2.45) is 0 Å². The van der Waals surface area contributed by atoms with Crippen molar-refractivity contribution in [3.8, 4) is 5.75 Å². The quantitative estimate of drug-likeness (QED) is 0.550. The zero-order valence-corrected chi connectivity index (χ0v) is 15.3. The summed E-state index contributed by atoms with van der Waals surface area (Å²) in [5.41, 5.74) is 2.07. The molecular weight excluding hydrogens is 363 g/mol. The summed E-state index contributed by atoms with van der Waals surface area (Å²) in [5.74, 6) is -1.68. The van der Waals surface area contributed by atoms with E-state index in [0.29, 0.717) is 11.9 Å². The van der Waals surface area contributed by atoms with Gasteiger partial charge in [-0.05, 0) is 49.1 Å². The topological polar surface area (TPSA) is 80.9 Å². The number of esters is 1. The molecule has 0 spiro atoms. The molecule has 0 amide bonds. The van der Waals surface area contributed by atoms with Gasteiger partial charge in [0.2, 0.25) is 0 Å². The largest absolute Gasteiger partial charge is 0.505 e. The molecule has 0 aliphatic carbocycles. The first kappa shape index (κ1) is 17.9. The molecule has 0 radical (unpaired) electrons. The molecule has 28 heavy (non-hydrogen) atoms. The lowest BCUT2D eigenvalue weighted by Gasteiger charge is -2.10. The van der Waals surface area contributed by atoms with Crippen LogP contribution in [0.25, 0.3) is 16.4 Å². The van der Waals surface area contributed by atoms with Crippen molar-refractivity contribution in [1.82, 2.24) is 9.38 Å². The fourth-order valence-electron chi connectivity index (χ4n) is 3.55. The third kappa shape index (κ3) is 2.67. The van der Waals surface area contributed by atoms with Crippen molar-refractivity contribution >= 4 is 22.4 Å². The van der Waals surface area contributed by atoms with E-state index in [2.05, 4.69) is 4.98 Å². The fourth-order valence-corrected chi connectivity index (χ4v) is 3.55. The van der Waals surface area contributed by atoms with Crippen LogP contribution in [-0.4, -0.2) is 27.1 Å². The van der Waals surface area contributed by atoms with Crippen molar-refractivity contribution in [3.05, 3.63) is 75.1 Å². The van der Waals surface area contributed by atoms with Gasteiger partial charge in [0.25, 0.3) is 5.56 Å². The first-order chi connectivity index (χ1) is 13.4. The number of hydrogen-bond acceptors (Lipinski definition) is 5. The molecule has 0 saturated carbocycles. The van der Waals surface area contributed by atoms with E-state index in [1.54, 1.807) is 31.5 Å². The molecule has 3 heterocycles. The lowest BCUT2D eigenvalue weighted by Crippen LogP contribution is -2.23. The molecule has 0 aliphatic rings. The van der Waals surface area contributed by atoms with Crippen LogP contribution in [0.5, 0.6) is 5.75 Å². The van der Waals surface area contributed by atoms with Crippen LogP contribution in [0.4, 0.5) is 4.39 Å². The van der Waals surface area contributed by atoms with Crippen molar-refractivity contribution in [3.63, 3.8) is 0 Å². The van der Waals surface area contributed by atoms with Gasteiger partial charge in [-0.15, -0.1) is 0 Å². The maximum atomic E-state index is 13.2. The molecule has 0 bridgehead atoms. The number of halogens is 1. The van der Waals surface area contributed by atoms with E-state index in [1.165, 1.54) is 16.5 Å². The maximum absolute atomic E-state index is 13.2. The predicted octanol–water partition coefficient (Wildman–Crippen LogP) is 3.21. The number of aromatic nitrogens is 2. The fraction of sp³-hybridized carbons (Fsp3) is 0.190. The summed E-state index contributed by atoms with van der Waals surface area (Å²) in [6.07, 6.45) is 3.71. The minimum Gasteiger partial charge on any atom is -0.505 e. The SMILES string of the molecule is CCOC(=O)c1c(O)c2ncc(Cc3ccc(F)cc3)c3c(C)cn(c1=O)c23. The summed E-state index contributed by atoms with van der Waals surface area (Å²) >= 11 is 0. The Bertz CT molecular complexity index is 1260. The van der Waals surface area contributed by atoms with Gasteiger partial charge in [-0.3, -0.25) is 14.2 Å². The number of benzene rings is 1. The average Bonchev–Trinajstić information content (AvgIpc) is 3.01. The third-order valence-corrected chi connectivity index (χ3v) is 4.77. The Morgan fingerprint density at radius 2 is 2.00 bits per heavy atom. The number of pyridine rings is 2. The normalized spacial score (nSPS) is 11.4. The second-order valence-corrected chi connectivity index (χ2v) is 6.59. The Hall–Kier alpha value is -3.48. The van der Waals surface area contributed by atoms with Crippen LogP contribution in [0.3, 0.4) is 0 Å². The van der Waals surface area contributed by atoms with E-state index >= 15 is 0 Å². The Balaban J connectivity index is 1.96. The number of hydrogen-bond donors (Lipinski definition) is 1. The summed E-state index contributed by atoms with van der Waals surface area (Å²) in [6.45, 7) is 3.55. The highest BCUT2D eigenvalue weighted by molar-refractivity contribution is 6.05. The van der Waals surface area contributed by atoms with Gasteiger partial charge in [0.05, 0.1) is 12.1 Å². The van der Waals surface area contributed by atoms with E-state index in [-0.39, 0.29) is 17.9 Å². The molecule has 0 aliphatic heterocycles. The molecule has 6 nitrogen and oxygen atoms in total. The van der Waals surface area contributed by atoms with Gasteiger partial charge in [-0.2, -0.15) is 0 Å². The predicted molar refractivity (Wildman–Crippen MR) is 102 cm³/mol. The Morgan fingerprint density at radius 3 is 2.68 bits per heavy atom. The molecule has 4 rings (SSSR count). The lowest BCUT2D eigenvalue weighted by molar-refractivity contribution is 0.0521. The highest BCUT2D eigenvalue weighted by atomic mass is 19.1. The van der Waals surface area contributed by atoms with Crippen LogP contribution in [0, 0.1) is 12.7 Å². The number of carbonyl (C=O) groups excluding carboxylic acids is 1. The highest BCUT2D eigenvalue weighted by Crippen LogP contribution is 2.33. The van der Waals surface area contributed by atoms with Crippen LogP contribution >= 0.6 is 0 Å². The average molecular weight is 380 g/mol. The van der Waals surface area contributed by atoms with Crippen LogP contribution in [-0.2, 0) is 11.2 Å². The zero-order valence-electron chi connectivity index (χ0n) is 15.3. The molecule has 3 aromatic heterocycles. The van der Waals surface area contributed by atoms with Gasteiger partial charge in [0.1, 0.15) is 11.3 Å². The first-order valence-electron chi connectivity index (χ1n) is 8.81. The summed E-state index contributed by atoms with van der Waals surface area (Å²) in [5, 5.41) is 11.3. The van der Waals surface area contributed by atoms with E-state index in [1.807, 2.05) is 6.92 Å². The van der Waals surface area contributed by atoms with Crippen LogP contribution in [0.1, 0.15) is 34.0 Å². The first-order valence-corrected chi connectivity index (χ1v) is 8.81. The minimum absolute atomic E-state index is 0.0832. The maximum Gasteiger partial charge on any atom is 0.347 e. The van der Waals surface area contributed by atoms with E-state index in [9.17, 15) is 19.1 Å². The molecule has 1 aromatic carbocycles. The summed E-state index contributed by atoms with van der Waals surface area (Å²) in [4.78, 5) is 29.3. The monoisotopic (exact) mass is 380 g/mol. The van der Waals surface area contributed by atoms with E-state index < -0.39 is 22.8 Å². The molecule has 0 saturated heterocycles. The summed E-state index contributed by atoms with van der Waals surface area (Å²) < 4.78 is 19.4. The second-order valence-electron chi connectivity index (χ2n) is 6.59. The molecule has 0 atom stereocenters. The van der Waals surface area contributed by atoms with Crippen LogP contribution < -0.4 is 5.56 Å². The molecule has 4 aromatic rings. The Labute approximate surface area is 159 Å². The van der Waals surface area contributed by atoms with Gasteiger partial charge >= 0.3 is 5.97 Å². The van der Waals surface area contributed by atoms with Gasteiger partial charge < -0.3 is 9.84 Å². The zero-order chi connectivity index (χ0) is 20.0. The van der Waals surface area contributed by atoms with E-state index in [4.69, 9.17) is 4.74 Å². The van der Waals surface area contributed by atoms with Gasteiger partial charge in [0, 0.05) is 17.8 Å². The smallest absolute Gasteiger partial charge is 0.347 e. The number of ether oxygens (including phenoxy) is 1. The van der Waals surface area contributed by atoms with Gasteiger partial charge in [-0.25, -0.2) is 9.18 Å². The number of carbonyl (C=O) groups is 1. The summed E-state index contributed by atoms with van der Waals surface area (Å²) in [6, 6.07) is 6.15. The highest BCUT2D eigenvalue weighted by Gasteiger charge is 2.26. The molecule has 0 unspecified atom stereocenters. The second kappa shape index (κ2) is 6.60. The number of rotatable bonds is 4. The van der Waals surface area contributed by atoms with Crippen molar-refractivity contribution in [2.45, 2.75) is 20.3 Å². The third-order valence-electron chi connectivity index (χ3n) is 4.77. The molecule has 142 valence electrons. The molecule has 1 N–H and O–H groups in total.